The first-order valence-corrected chi connectivity index (χ1v) is 10.0. The third kappa shape index (κ3) is 12.0. The zero-order valence-corrected chi connectivity index (χ0v) is 16.7. The smallest absolute Gasteiger partial charge is 0.308 e. The number of esters is 2. The number of rotatable bonds is 16. The summed E-state index contributed by atoms with van der Waals surface area (Å²) in [7, 11) is 0. The predicted molar refractivity (Wildman–Crippen MR) is 99.3 cm³/mol. The summed E-state index contributed by atoms with van der Waals surface area (Å²) in [6.07, 6.45) is 7.67. The number of ether oxygens (including phenoxy) is 3. The molecule has 0 radical (unpaired) electrons. The quantitative estimate of drug-likeness (QED) is 0.300. The molecule has 148 valence electrons. The Morgan fingerprint density at radius 1 is 0.680 bits per heavy atom. The molecule has 0 unspecified atom stereocenters. The van der Waals surface area contributed by atoms with Crippen LogP contribution < -0.4 is 0 Å². The van der Waals surface area contributed by atoms with Gasteiger partial charge in [0, 0.05) is 0 Å². The van der Waals surface area contributed by atoms with Crippen LogP contribution >= 0.6 is 0 Å². The Hall–Kier alpha value is -1.10. The number of hydrogen-bond acceptors (Lipinski definition) is 5. The van der Waals surface area contributed by atoms with E-state index in [-0.39, 0.29) is 37.0 Å². The Bertz CT molecular complexity index is 311. The van der Waals surface area contributed by atoms with E-state index in [1.807, 2.05) is 13.8 Å². The molecule has 25 heavy (non-hydrogen) atoms. The molecule has 0 fully saturated rings. The molecular weight excluding hydrogens is 320 g/mol. The van der Waals surface area contributed by atoms with E-state index in [1.54, 1.807) is 0 Å². The molecule has 0 aromatic carbocycles. The molecule has 0 saturated heterocycles. The van der Waals surface area contributed by atoms with Crippen molar-refractivity contribution in [3.05, 3.63) is 0 Å². The van der Waals surface area contributed by atoms with E-state index in [0.717, 1.165) is 51.4 Å². The maximum Gasteiger partial charge on any atom is 0.308 e. The van der Waals surface area contributed by atoms with Crippen molar-refractivity contribution >= 4 is 11.9 Å². The molecule has 0 amide bonds. The Balaban J connectivity index is 3.71. The van der Waals surface area contributed by atoms with Crippen LogP contribution in [0.2, 0.25) is 0 Å². The molecule has 0 aliphatic rings. The maximum absolute atomic E-state index is 11.9. The highest BCUT2D eigenvalue weighted by Crippen LogP contribution is 2.15. The van der Waals surface area contributed by atoms with Crippen molar-refractivity contribution in [3.8, 4) is 0 Å². The van der Waals surface area contributed by atoms with Crippen molar-refractivity contribution < 1.29 is 23.8 Å². The summed E-state index contributed by atoms with van der Waals surface area (Å²) in [6.45, 7) is 9.43. The Labute approximate surface area is 153 Å². The zero-order valence-electron chi connectivity index (χ0n) is 16.7. The standard InChI is InChI=1S/C20H38O5/c1-5-9-11-17(7-3)19(21)24-15-13-23-14-16-25-20(22)18(8-4)12-10-6-2/h17-18H,5-16H2,1-4H3/t17-,18-/m1/s1. The van der Waals surface area contributed by atoms with Crippen LogP contribution in [0.25, 0.3) is 0 Å². The third-order valence-corrected chi connectivity index (χ3v) is 4.41. The summed E-state index contributed by atoms with van der Waals surface area (Å²) in [4.78, 5) is 23.8. The van der Waals surface area contributed by atoms with Crippen LogP contribution in [0.3, 0.4) is 0 Å². The first-order chi connectivity index (χ1) is 12.1. The molecule has 0 rings (SSSR count). The Morgan fingerprint density at radius 2 is 1.08 bits per heavy atom. The number of unbranched alkanes of at least 4 members (excludes halogenated alkanes) is 2. The van der Waals surface area contributed by atoms with Gasteiger partial charge >= 0.3 is 11.9 Å². The fourth-order valence-electron chi connectivity index (χ4n) is 2.62. The highest BCUT2D eigenvalue weighted by molar-refractivity contribution is 5.72. The van der Waals surface area contributed by atoms with Gasteiger partial charge < -0.3 is 14.2 Å². The molecule has 0 spiro atoms. The Morgan fingerprint density at radius 3 is 1.40 bits per heavy atom. The van der Waals surface area contributed by atoms with Crippen LogP contribution in [0.15, 0.2) is 0 Å². The first-order valence-electron chi connectivity index (χ1n) is 10.0. The highest BCUT2D eigenvalue weighted by Gasteiger charge is 2.18. The summed E-state index contributed by atoms with van der Waals surface area (Å²) >= 11 is 0. The van der Waals surface area contributed by atoms with Crippen molar-refractivity contribution in [3.63, 3.8) is 0 Å². The first kappa shape index (κ1) is 23.9. The summed E-state index contributed by atoms with van der Waals surface area (Å²) < 4.78 is 15.9. The zero-order chi connectivity index (χ0) is 18.9. The summed E-state index contributed by atoms with van der Waals surface area (Å²) in [5, 5.41) is 0. The highest BCUT2D eigenvalue weighted by atomic mass is 16.6. The minimum absolute atomic E-state index is 0.00463. The third-order valence-electron chi connectivity index (χ3n) is 4.41. The van der Waals surface area contributed by atoms with Gasteiger partial charge in [-0.05, 0) is 25.7 Å². The lowest BCUT2D eigenvalue weighted by atomic mass is 10.00. The lowest BCUT2D eigenvalue weighted by molar-refractivity contribution is -0.152. The lowest BCUT2D eigenvalue weighted by Crippen LogP contribution is -2.21. The molecule has 0 aliphatic heterocycles. The van der Waals surface area contributed by atoms with E-state index in [4.69, 9.17) is 14.2 Å². The maximum atomic E-state index is 11.9. The predicted octanol–water partition coefficient (Wildman–Crippen LogP) is 4.52. The van der Waals surface area contributed by atoms with Gasteiger partial charge in [0.2, 0.25) is 0 Å². The molecular formula is C20H38O5. The van der Waals surface area contributed by atoms with Gasteiger partial charge in [0.1, 0.15) is 13.2 Å². The molecule has 2 atom stereocenters. The minimum atomic E-state index is -0.132. The van der Waals surface area contributed by atoms with Crippen molar-refractivity contribution in [1.82, 2.24) is 0 Å². The van der Waals surface area contributed by atoms with Crippen molar-refractivity contribution in [2.75, 3.05) is 26.4 Å². The Kier molecular flexibility index (Phi) is 15.7. The van der Waals surface area contributed by atoms with Gasteiger partial charge in [-0.2, -0.15) is 0 Å². The second kappa shape index (κ2) is 16.4. The van der Waals surface area contributed by atoms with E-state index in [1.165, 1.54) is 0 Å². The number of carbonyl (C=O) groups excluding carboxylic acids is 2. The molecule has 0 aliphatic carbocycles. The largest absolute Gasteiger partial charge is 0.463 e. The van der Waals surface area contributed by atoms with Gasteiger partial charge in [0.15, 0.2) is 0 Å². The van der Waals surface area contributed by atoms with Crippen molar-refractivity contribution in [2.24, 2.45) is 11.8 Å². The second-order valence-corrected chi connectivity index (χ2v) is 6.44. The van der Waals surface area contributed by atoms with Crippen molar-refractivity contribution in [2.45, 2.75) is 79.1 Å². The van der Waals surface area contributed by atoms with E-state index < -0.39 is 0 Å². The molecule has 0 saturated carbocycles. The lowest BCUT2D eigenvalue weighted by Gasteiger charge is -2.14. The van der Waals surface area contributed by atoms with E-state index in [9.17, 15) is 9.59 Å². The fourth-order valence-corrected chi connectivity index (χ4v) is 2.62. The second-order valence-electron chi connectivity index (χ2n) is 6.44. The SMILES string of the molecule is CCCC[C@@H](CC)C(=O)OCCOCCOC(=O)[C@H](CC)CCCC. The van der Waals surface area contributed by atoms with Crippen LogP contribution in [0.4, 0.5) is 0 Å². The van der Waals surface area contributed by atoms with Gasteiger partial charge in [-0.3, -0.25) is 9.59 Å². The van der Waals surface area contributed by atoms with Crippen LogP contribution in [0.5, 0.6) is 0 Å². The number of carbonyl (C=O) groups is 2. The monoisotopic (exact) mass is 358 g/mol. The molecule has 0 aromatic heterocycles. The molecule has 5 heteroatoms. The van der Waals surface area contributed by atoms with Crippen LogP contribution in [-0.2, 0) is 23.8 Å². The van der Waals surface area contributed by atoms with Crippen molar-refractivity contribution in [1.29, 1.82) is 0 Å². The topological polar surface area (TPSA) is 61.8 Å². The van der Waals surface area contributed by atoms with Gasteiger partial charge in [-0.25, -0.2) is 0 Å². The van der Waals surface area contributed by atoms with Crippen LogP contribution in [0, 0.1) is 11.8 Å². The summed E-state index contributed by atoms with van der Waals surface area (Å²) in [6, 6.07) is 0. The van der Waals surface area contributed by atoms with Gasteiger partial charge in [-0.15, -0.1) is 0 Å². The summed E-state index contributed by atoms with van der Waals surface area (Å²) in [5.41, 5.74) is 0. The molecule has 0 heterocycles. The van der Waals surface area contributed by atoms with Gasteiger partial charge in [-0.1, -0.05) is 53.4 Å². The van der Waals surface area contributed by atoms with E-state index >= 15 is 0 Å². The van der Waals surface area contributed by atoms with Gasteiger partial charge in [0.25, 0.3) is 0 Å². The minimum Gasteiger partial charge on any atom is -0.463 e. The molecule has 0 N–H and O–H groups in total. The summed E-state index contributed by atoms with van der Waals surface area (Å²) in [5.74, 6) is -0.273. The number of hydrogen-bond donors (Lipinski definition) is 0. The molecule has 0 bridgehead atoms. The van der Waals surface area contributed by atoms with Gasteiger partial charge in [0.05, 0.1) is 25.0 Å². The van der Waals surface area contributed by atoms with Crippen LogP contribution in [0.1, 0.15) is 79.1 Å². The van der Waals surface area contributed by atoms with Crippen LogP contribution in [-0.4, -0.2) is 38.4 Å². The van der Waals surface area contributed by atoms with E-state index in [2.05, 4.69) is 13.8 Å². The average Bonchev–Trinajstić information content (AvgIpc) is 2.62. The fraction of sp³-hybridized carbons (Fsp3) is 0.900. The molecule has 5 nitrogen and oxygen atoms in total. The normalized spacial score (nSPS) is 13.3. The van der Waals surface area contributed by atoms with E-state index in [0.29, 0.717) is 13.2 Å². The average molecular weight is 359 g/mol. The molecule has 0 aromatic rings.